The zero-order chi connectivity index (χ0) is 16.8. The number of rotatable bonds is 6. The number of aryl methyl sites for hydroxylation is 1. The number of hydrogen-bond donors (Lipinski definition) is 1. The van der Waals surface area contributed by atoms with Gasteiger partial charge in [0.25, 0.3) is 0 Å². The molecule has 1 aliphatic heterocycles. The number of anilines is 1. The Hall–Kier alpha value is -2.43. The van der Waals surface area contributed by atoms with Crippen LogP contribution in [0, 0.1) is 11.7 Å². The SMILES string of the molecule is O=C(CCc1ccncc1)NCC1CCN(c2ccc(F)cc2)C1. The van der Waals surface area contributed by atoms with Crippen LogP contribution in [0.4, 0.5) is 10.1 Å². The van der Waals surface area contributed by atoms with Crippen molar-refractivity contribution in [1.82, 2.24) is 10.3 Å². The van der Waals surface area contributed by atoms with Gasteiger partial charge in [0.05, 0.1) is 0 Å². The highest BCUT2D eigenvalue weighted by Gasteiger charge is 2.23. The molecule has 0 radical (unpaired) electrons. The first kappa shape index (κ1) is 16.4. The number of amides is 1. The van der Waals surface area contributed by atoms with Gasteiger partial charge in [-0.3, -0.25) is 9.78 Å². The summed E-state index contributed by atoms with van der Waals surface area (Å²) in [5.41, 5.74) is 2.17. The second-order valence-corrected chi connectivity index (χ2v) is 6.24. The number of nitrogens with one attached hydrogen (secondary N) is 1. The molecule has 5 heteroatoms. The Morgan fingerprint density at radius 1 is 1.21 bits per heavy atom. The third kappa shape index (κ3) is 4.54. The maximum Gasteiger partial charge on any atom is 0.220 e. The van der Waals surface area contributed by atoms with Crippen molar-refractivity contribution in [3.05, 3.63) is 60.2 Å². The fourth-order valence-corrected chi connectivity index (χ4v) is 3.04. The number of carbonyl (C=O) groups is 1. The molecule has 1 atom stereocenters. The molecule has 0 spiro atoms. The van der Waals surface area contributed by atoms with Gasteiger partial charge in [-0.1, -0.05) is 0 Å². The summed E-state index contributed by atoms with van der Waals surface area (Å²) >= 11 is 0. The fraction of sp³-hybridized carbons (Fsp3) is 0.368. The van der Waals surface area contributed by atoms with Gasteiger partial charge in [0.1, 0.15) is 5.82 Å². The van der Waals surface area contributed by atoms with Crippen LogP contribution in [0.1, 0.15) is 18.4 Å². The molecule has 126 valence electrons. The molecular weight excluding hydrogens is 305 g/mol. The maximum atomic E-state index is 13.0. The fourth-order valence-electron chi connectivity index (χ4n) is 3.04. The van der Waals surface area contributed by atoms with Gasteiger partial charge in [-0.25, -0.2) is 4.39 Å². The van der Waals surface area contributed by atoms with E-state index in [9.17, 15) is 9.18 Å². The molecule has 1 unspecified atom stereocenters. The molecule has 1 saturated heterocycles. The molecule has 24 heavy (non-hydrogen) atoms. The number of nitrogens with zero attached hydrogens (tertiary/aromatic N) is 2. The van der Waals surface area contributed by atoms with Crippen molar-refractivity contribution in [2.45, 2.75) is 19.3 Å². The van der Waals surface area contributed by atoms with Gasteiger partial charge in [-0.05, 0) is 60.7 Å². The first-order chi connectivity index (χ1) is 11.7. The molecule has 0 saturated carbocycles. The van der Waals surface area contributed by atoms with Crippen LogP contribution in [-0.2, 0) is 11.2 Å². The lowest BCUT2D eigenvalue weighted by Crippen LogP contribution is -2.31. The minimum absolute atomic E-state index is 0.0899. The zero-order valence-corrected chi connectivity index (χ0v) is 13.6. The first-order valence-corrected chi connectivity index (χ1v) is 8.37. The second-order valence-electron chi connectivity index (χ2n) is 6.24. The van der Waals surface area contributed by atoms with Gasteiger partial charge in [-0.15, -0.1) is 0 Å². The third-order valence-electron chi connectivity index (χ3n) is 4.46. The van der Waals surface area contributed by atoms with E-state index in [1.54, 1.807) is 12.4 Å². The van der Waals surface area contributed by atoms with E-state index in [-0.39, 0.29) is 11.7 Å². The van der Waals surface area contributed by atoms with Crippen LogP contribution in [0.25, 0.3) is 0 Å². The average molecular weight is 327 g/mol. The second kappa shape index (κ2) is 7.90. The molecule has 0 aliphatic carbocycles. The monoisotopic (exact) mass is 327 g/mol. The number of pyridine rings is 1. The van der Waals surface area contributed by atoms with E-state index in [1.165, 1.54) is 12.1 Å². The van der Waals surface area contributed by atoms with Gasteiger partial charge < -0.3 is 10.2 Å². The Morgan fingerprint density at radius 2 is 1.96 bits per heavy atom. The molecule has 1 aromatic carbocycles. The van der Waals surface area contributed by atoms with Crippen molar-refractivity contribution in [1.29, 1.82) is 0 Å². The average Bonchev–Trinajstić information content (AvgIpc) is 3.09. The Balaban J connectivity index is 1.39. The van der Waals surface area contributed by atoms with Gasteiger partial charge in [0.15, 0.2) is 0 Å². The standard InChI is InChI=1S/C19H22FN3O/c20-17-2-4-18(5-3-17)23-12-9-16(14-23)13-22-19(24)6-1-15-7-10-21-11-8-15/h2-5,7-8,10-11,16H,1,6,9,12-14H2,(H,22,24). The van der Waals surface area contributed by atoms with Crippen LogP contribution in [0.2, 0.25) is 0 Å². The van der Waals surface area contributed by atoms with E-state index in [4.69, 9.17) is 0 Å². The maximum absolute atomic E-state index is 13.0. The van der Waals surface area contributed by atoms with Gasteiger partial charge >= 0.3 is 0 Å². The van der Waals surface area contributed by atoms with Crippen LogP contribution in [0.15, 0.2) is 48.8 Å². The Morgan fingerprint density at radius 3 is 2.71 bits per heavy atom. The summed E-state index contributed by atoms with van der Waals surface area (Å²) in [6.45, 7) is 2.55. The molecule has 1 amide bonds. The molecule has 1 N–H and O–H groups in total. The topological polar surface area (TPSA) is 45.2 Å². The van der Waals surface area contributed by atoms with E-state index in [0.29, 0.717) is 18.9 Å². The molecule has 2 heterocycles. The lowest BCUT2D eigenvalue weighted by atomic mass is 10.1. The molecule has 4 nitrogen and oxygen atoms in total. The van der Waals surface area contributed by atoms with Crippen LogP contribution < -0.4 is 10.2 Å². The summed E-state index contributed by atoms with van der Waals surface area (Å²) in [6, 6.07) is 10.5. The Kier molecular flexibility index (Phi) is 5.41. The molecular formula is C19H22FN3O. The minimum atomic E-state index is -0.212. The van der Waals surface area contributed by atoms with E-state index in [1.807, 2.05) is 24.3 Å². The minimum Gasteiger partial charge on any atom is -0.371 e. The van der Waals surface area contributed by atoms with Crippen molar-refractivity contribution in [2.24, 2.45) is 5.92 Å². The summed E-state index contributed by atoms with van der Waals surface area (Å²) < 4.78 is 13.0. The highest BCUT2D eigenvalue weighted by Crippen LogP contribution is 2.23. The molecule has 3 rings (SSSR count). The normalized spacial score (nSPS) is 17.0. The number of aromatic nitrogens is 1. The molecule has 1 aliphatic rings. The van der Waals surface area contributed by atoms with E-state index >= 15 is 0 Å². The largest absolute Gasteiger partial charge is 0.371 e. The third-order valence-corrected chi connectivity index (χ3v) is 4.46. The summed E-state index contributed by atoms with van der Waals surface area (Å²) in [7, 11) is 0. The zero-order valence-electron chi connectivity index (χ0n) is 13.6. The predicted molar refractivity (Wildman–Crippen MR) is 92.3 cm³/mol. The summed E-state index contributed by atoms with van der Waals surface area (Å²) in [5.74, 6) is 0.322. The quantitative estimate of drug-likeness (QED) is 0.887. The highest BCUT2D eigenvalue weighted by molar-refractivity contribution is 5.76. The molecule has 0 bridgehead atoms. The number of hydrogen-bond acceptors (Lipinski definition) is 3. The Labute approximate surface area is 141 Å². The van der Waals surface area contributed by atoms with Gasteiger partial charge in [0.2, 0.25) is 5.91 Å². The summed E-state index contributed by atoms with van der Waals surface area (Å²) in [4.78, 5) is 18.2. The van der Waals surface area contributed by atoms with E-state index < -0.39 is 0 Å². The van der Waals surface area contributed by atoms with Crippen LogP contribution in [0.5, 0.6) is 0 Å². The number of halogens is 1. The smallest absolute Gasteiger partial charge is 0.220 e. The van der Waals surface area contributed by atoms with E-state index in [0.717, 1.165) is 37.2 Å². The lowest BCUT2D eigenvalue weighted by Gasteiger charge is -2.18. The van der Waals surface area contributed by atoms with Crippen molar-refractivity contribution in [2.75, 3.05) is 24.5 Å². The molecule has 1 fully saturated rings. The lowest BCUT2D eigenvalue weighted by molar-refractivity contribution is -0.121. The number of benzene rings is 1. The predicted octanol–water partition coefficient (Wildman–Crippen LogP) is 2.80. The van der Waals surface area contributed by atoms with Crippen molar-refractivity contribution < 1.29 is 9.18 Å². The Bertz CT molecular complexity index is 660. The van der Waals surface area contributed by atoms with Gasteiger partial charge in [0, 0.05) is 44.1 Å². The first-order valence-electron chi connectivity index (χ1n) is 8.37. The summed E-state index contributed by atoms with van der Waals surface area (Å²) in [6.07, 6.45) is 5.77. The van der Waals surface area contributed by atoms with Crippen molar-refractivity contribution in [3.63, 3.8) is 0 Å². The number of carbonyl (C=O) groups excluding carboxylic acids is 1. The van der Waals surface area contributed by atoms with Gasteiger partial charge in [-0.2, -0.15) is 0 Å². The highest BCUT2D eigenvalue weighted by atomic mass is 19.1. The van der Waals surface area contributed by atoms with E-state index in [2.05, 4.69) is 15.2 Å². The molecule has 1 aromatic heterocycles. The van der Waals surface area contributed by atoms with Crippen LogP contribution in [0.3, 0.4) is 0 Å². The summed E-state index contributed by atoms with van der Waals surface area (Å²) in [5, 5.41) is 3.03. The van der Waals surface area contributed by atoms with Crippen molar-refractivity contribution >= 4 is 11.6 Å². The van der Waals surface area contributed by atoms with Crippen molar-refractivity contribution in [3.8, 4) is 0 Å². The van der Waals surface area contributed by atoms with Crippen LogP contribution >= 0.6 is 0 Å². The van der Waals surface area contributed by atoms with Crippen LogP contribution in [-0.4, -0.2) is 30.5 Å². The molecule has 2 aromatic rings.